The van der Waals surface area contributed by atoms with Crippen LogP contribution >= 0.6 is 0 Å². The molecule has 0 spiro atoms. The lowest BCUT2D eigenvalue weighted by molar-refractivity contribution is 0.153. The second kappa shape index (κ2) is 14.9. The van der Waals surface area contributed by atoms with Gasteiger partial charge in [-0.15, -0.1) is 0 Å². The van der Waals surface area contributed by atoms with Gasteiger partial charge in [-0.25, -0.2) is 19.1 Å². The number of methoxy groups -OCH3 is 2. The lowest BCUT2D eigenvalue weighted by Gasteiger charge is -2.39. The highest BCUT2D eigenvalue weighted by Crippen LogP contribution is 2.37. The third kappa shape index (κ3) is 8.25. The average Bonchev–Trinajstić information content (AvgIpc) is 2.99. The van der Waals surface area contributed by atoms with E-state index in [1.807, 2.05) is 0 Å². The van der Waals surface area contributed by atoms with E-state index in [-0.39, 0.29) is 24.2 Å². The molecule has 0 aliphatic carbocycles. The predicted octanol–water partition coefficient (Wildman–Crippen LogP) is 6.62. The SMILES string of the molecule is COc1ccc(N(C(=O)OCCCCC(C)C)c2ccnc(Nc3ccc(N4CCN(C)C(C)C4)c(F)c3)n2)c(OC)c1. The predicted molar refractivity (Wildman–Crippen MR) is 168 cm³/mol. The largest absolute Gasteiger partial charge is 0.497 e. The topological polar surface area (TPSA) is 92.3 Å². The molecule has 1 aromatic heterocycles. The molecule has 232 valence electrons. The van der Waals surface area contributed by atoms with Crippen LogP contribution in [0.1, 0.15) is 40.0 Å². The maximum absolute atomic E-state index is 15.2. The second-order valence-corrected chi connectivity index (χ2v) is 11.2. The van der Waals surface area contributed by atoms with Gasteiger partial charge in [0.2, 0.25) is 5.95 Å². The lowest BCUT2D eigenvalue weighted by atomic mass is 10.1. The van der Waals surface area contributed by atoms with Crippen molar-refractivity contribution in [2.45, 2.75) is 46.1 Å². The maximum Gasteiger partial charge on any atom is 0.420 e. The monoisotopic (exact) mass is 594 g/mol. The van der Waals surface area contributed by atoms with E-state index in [9.17, 15) is 4.79 Å². The number of nitrogens with zero attached hydrogens (tertiary/aromatic N) is 5. The minimum Gasteiger partial charge on any atom is -0.497 e. The molecule has 2 aromatic carbocycles. The van der Waals surface area contributed by atoms with E-state index in [0.717, 1.165) is 38.9 Å². The zero-order valence-corrected chi connectivity index (χ0v) is 26.0. The summed E-state index contributed by atoms with van der Waals surface area (Å²) >= 11 is 0. The summed E-state index contributed by atoms with van der Waals surface area (Å²) in [6.07, 6.45) is 3.70. The van der Waals surface area contributed by atoms with Crippen LogP contribution in [0, 0.1) is 11.7 Å². The molecule has 0 saturated carbocycles. The van der Waals surface area contributed by atoms with Crippen LogP contribution in [0.2, 0.25) is 0 Å². The number of unbranched alkanes of at least 4 members (excludes halogenated alkanes) is 1. The number of ether oxygens (including phenoxy) is 3. The molecular formula is C32H43FN6O4. The number of anilines is 5. The van der Waals surface area contributed by atoms with E-state index >= 15 is 4.39 Å². The molecular weight excluding hydrogens is 551 g/mol. The first-order valence-electron chi connectivity index (χ1n) is 14.7. The number of halogens is 1. The van der Waals surface area contributed by atoms with Crippen molar-refractivity contribution < 1.29 is 23.4 Å². The summed E-state index contributed by atoms with van der Waals surface area (Å²) in [5.74, 6) is 1.69. The Bertz CT molecular complexity index is 1370. The molecule has 1 aliphatic rings. The number of hydrogen-bond acceptors (Lipinski definition) is 9. The van der Waals surface area contributed by atoms with Crippen molar-refractivity contribution in [3.05, 3.63) is 54.5 Å². The molecule has 11 heteroatoms. The van der Waals surface area contributed by atoms with Crippen molar-refractivity contribution in [3.63, 3.8) is 0 Å². The molecule has 1 amide bonds. The van der Waals surface area contributed by atoms with Gasteiger partial charge in [0.05, 0.1) is 32.2 Å². The van der Waals surface area contributed by atoms with Gasteiger partial charge < -0.3 is 29.3 Å². The van der Waals surface area contributed by atoms with Gasteiger partial charge >= 0.3 is 6.09 Å². The fourth-order valence-electron chi connectivity index (χ4n) is 4.94. The van der Waals surface area contributed by atoms with E-state index in [1.165, 1.54) is 24.3 Å². The highest BCUT2D eigenvalue weighted by molar-refractivity contribution is 5.97. The molecule has 0 radical (unpaired) electrons. The van der Waals surface area contributed by atoms with Crippen molar-refractivity contribution in [1.82, 2.24) is 14.9 Å². The van der Waals surface area contributed by atoms with Crippen molar-refractivity contribution in [1.29, 1.82) is 0 Å². The van der Waals surface area contributed by atoms with E-state index < -0.39 is 6.09 Å². The highest BCUT2D eigenvalue weighted by atomic mass is 19.1. The Morgan fingerprint density at radius 1 is 1.12 bits per heavy atom. The van der Waals surface area contributed by atoms with Crippen LogP contribution in [0.5, 0.6) is 11.5 Å². The average molecular weight is 595 g/mol. The van der Waals surface area contributed by atoms with Crippen molar-refractivity contribution in [2.75, 3.05) is 62.6 Å². The van der Waals surface area contributed by atoms with Crippen LogP contribution in [0.3, 0.4) is 0 Å². The van der Waals surface area contributed by atoms with Crippen LogP contribution in [0.4, 0.5) is 38.0 Å². The Morgan fingerprint density at radius 2 is 1.93 bits per heavy atom. The van der Waals surface area contributed by atoms with Gasteiger partial charge in [-0.1, -0.05) is 20.3 Å². The quantitative estimate of drug-likeness (QED) is 0.232. The fourth-order valence-corrected chi connectivity index (χ4v) is 4.94. The van der Waals surface area contributed by atoms with Gasteiger partial charge in [-0.2, -0.15) is 4.98 Å². The van der Waals surface area contributed by atoms with Crippen molar-refractivity contribution in [3.8, 4) is 11.5 Å². The zero-order valence-electron chi connectivity index (χ0n) is 26.0. The standard InChI is InChI=1S/C32H43FN6O4/c1-22(2)9-7-8-18-43-32(40)39(28-13-11-25(41-5)20-29(28)42-6)30-14-15-34-31(36-30)35-24-10-12-27(26(33)19-24)38-17-16-37(4)23(3)21-38/h10-15,19-20,22-23H,7-9,16-18,21H2,1-6H3,(H,34,35,36). The third-order valence-electron chi connectivity index (χ3n) is 7.59. The molecule has 3 aromatic rings. The fraction of sp³-hybridized carbons (Fsp3) is 0.469. The highest BCUT2D eigenvalue weighted by Gasteiger charge is 2.26. The molecule has 1 atom stereocenters. The molecule has 0 bridgehead atoms. The van der Waals surface area contributed by atoms with Gasteiger partial charge in [0.15, 0.2) is 0 Å². The smallest absolute Gasteiger partial charge is 0.420 e. The van der Waals surface area contributed by atoms with Crippen molar-refractivity contribution >= 4 is 34.9 Å². The number of aromatic nitrogens is 2. The number of carbonyl (C=O) groups is 1. The number of likely N-dealkylation sites (N-methyl/N-ethyl adjacent to an activating group) is 1. The Labute approximate surface area is 253 Å². The molecule has 43 heavy (non-hydrogen) atoms. The molecule has 1 fully saturated rings. The number of piperazine rings is 1. The first-order valence-corrected chi connectivity index (χ1v) is 14.7. The second-order valence-electron chi connectivity index (χ2n) is 11.2. The molecule has 2 heterocycles. The first-order chi connectivity index (χ1) is 20.7. The number of amides is 1. The van der Waals surface area contributed by atoms with Crippen LogP contribution in [-0.2, 0) is 4.74 Å². The number of rotatable bonds is 12. The minimum atomic E-state index is -0.602. The summed E-state index contributed by atoms with van der Waals surface area (Å²) in [6, 6.07) is 12.1. The zero-order chi connectivity index (χ0) is 30.9. The van der Waals surface area contributed by atoms with Gasteiger partial charge in [-0.3, -0.25) is 0 Å². The molecule has 1 N–H and O–H groups in total. The summed E-state index contributed by atoms with van der Waals surface area (Å²) in [7, 11) is 5.15. The van der Waals surface area contributed by atoms with Gasteiger partial charge in [0.1, 0.15) is 23.1 Å². The molecule has 1 unspecified atom stereocenters. The van der Waals surface area contributed by atoms with E-state index in [1.54, 1.807) is 43.5 Å². The van der Waals surface area contributed by atoms with Crippen LogP contribution < -0.4 is 24.6 Å². The Morgan fingerprint density at radius 3 is 2.63 bits per heavy atom. The molecule has 4 rings (SSSR count). The summed E-state index contributed by atoms with van der Waals surface area (Å²) < 4.78 is 31.8. The summed E-state index contributed by atoms with van der Waals surface area (Å²) in [5, 5.41) is 3.07. The number of carbonyl (C=O) groups excluding carboxylic acids is 1. The first kappa shape index (κ1) is 31.8. The van der Waals surface area contributed by atoms with E-state index in [2.05, 4.69) is 52.9 Å². The molecule has 1 aliphatic heterocycles. The summed E-state index contributed by atoms with van der Waals surface area (Å²) in [4.78, 5) is 28.1. The van der Waals surface area contributed by atoms with Crippen molar-refractivity contribution in [2.24, 2.45) is 5.92 Å². The van der Waals surface area contributed by atoms with Gasteiger partial charge in [0.25, 0.3) is 0 Å². The maximum atomic E-state index is 15.2. The number of benzene rings is 2. The normalized spacial score (nSPS) is 15.3. The van der Waals surface area contributed by atoms with Crippen LogP contribution in [0.25, 0.3) is 0 Å². The number of nitrogens with one attached hydrogen (secondary N) is 1. The Kier molecular flexibility index (Phi) is 11.0. The van der Waals surface area contributed by atoms with Crippen LogP contribution in [-0.4, -0.2) is 74.5 Å². The number of hydrogen-bond donors (Lipinski definition) is 1. The van der Waals surface area contributed by atoms with Gasteiger partial charge in [0, 0.05) is 49.7 Å². The molecule has 1 saturated heterocycles. The third-order valence-corrected chi connectivity index (χ3v) is 7.59. The lowest BCUT2D eigenvalue weighted by Crippen LogP contribution is -2.50. The van der Waals surface area contributed by atoms with E-state index in [4.69, 9.17) is 14.2 Å². The minimum absolute atomic E-state index is 0.195. The van der Waals surface area contributed by atoms with E-state index in [0.29, 0.717) is 40.5 Å². The Balaban J connectivity index is 1.57. The summed E-state index contributed by atoms with van der Waals surface area (Å²) in [5.41, 5.74) is 1.48. The van der Waals surface area contributed by atoms with Crippen LogP contribution in [0.15, 0.2) is 48.7 Å². The summed E-state index contributed by atoms with van der Waals surface area (Å²) in [6.45, 7) is 9.13. The molecule has 10 nitrogen and oxygen atoms in total. The Hall–Kier alpha value is -4.12. The van der Waals surface area contributed by atoms with Gasteiger partial charge in [-0.05, 0) is 63.1 Å².